The van der Waals surface area contributed by atoms with Gasteiger partial charge in [-0.05, 0) is 29.9 Å². The second-order valence-corrected chi connectivity index (χ2v) is 7.58. The van der Waals surface area contributed by atoms with Crippen LogP contribution in [0.5, 0.6) is 0 Å². The highest BCUT2D eigenvalue weighted by Crippen LogP contribution is 2.29. The van der Waals surface area contributed by atoms with Gasteiger partial charge < -0.3 is 14.6 Å². The van der Waals surface area contributed by atoms with Crippen molar-refractivity contribution in [1.82, 2.24) is 9.88 Å². The summed E-state index contributed by atoms with van der Waals surface area (Å²) in [5, 5.41) is 0.877. The Morgan fingerprint density at radius 3 is 2.85 bits per heavy atom. The Labute approximate surface area is 153 Å². The van der Waals surface area contributed by atoms with Crippen molar-refractivity contribution in [2.24, 2.45) is 5.92 Å². The Morgan fingerprint density at radius 2 is 2.00 bits per heavy atom. The summed E-state index contributed by atoms with van der Waals surface area (Å²) in [6.07, 6.45) is 7.64. The van der Waals surface area contributed by atoms with Gasteiger partial charge in [0.15, 0.2) is 0 Å². The number of carbonyl (C=O) groups excluding carboxylic acids is 1. The van der Waals surface area contributed by atoms with E-state index in [-0.39, 0.29) is 23.1 Å². The fraction of sp³-hybridized carbons (Fsp3) is 0.524. The lowest BCUT2D eigenvalue weighted by molar-refractivity contribution is -0.0337. The van der Waals surface area contributed by atoms with Crippen LogP contribution in [0.3, 0.4) is 0 Å². The van der Waals surface area contributed by atoms with E-state index in [2.05, 4.69) is 4.98 Å². The Hall–Kier alpha value is -2.14. The van der Waals surface area contributed by atoms with E-state index in [9.17, 15) is 9.59 Å². The summed E-state index contributed by atoms with van der Waals surface area (Å²) in [7, 11) is 0. The van der Waals surface area contributed by atoms with Crippen LogP contribution in [-0.2, 0) is 4.74 Å². The average Bonchev–Trinajstić information content (AvgIpc) is 2.68. The number of fused-ring (bicyclic) bond motifs is 1. The van der Waals surface area contributed by atoms with E-state index in [1.54, 1.807) is 11.0 Å². The predicted molar refractivity (Wildman–Crippen MR) is 101 cm³/mol. The number of benzene rings is 1. The van der Waals surface area contributed by atoms with E-state index in [0.29, 0.717) is 25.6 Å². The minimum absolute atomic E-state index is 0.0929. The van der Waals surface area contributed by atoms with Crippen LogP contribution in [0.2, 0.25) is 0 Å². The van der Waals surface area contributed by atoms with Gasteiger partial charge in [0.1, 0.15) is 5.56 Å². The van der Waals surface area contributed by atoms with E-state index in [4.69, 9.17) is 4.74 Å². The lowest BCUT2D eigenvalue weighted by atomic mass is 9.85. The van der Waals surface area contributed by atoms with Crippen LogP contribution < -0.4 is 5.56 Å². The number of amides is 1. The molecule has 1 aliphatic carbocycles. The predicted octanol–water partition coefficient (Wildman–Crippen LogP) is 3.34. The zero-order valence-corrected chi connectivity index (χ0v) is 15.1. The summed E-state index contributed by atoms with van der Waals surface area (Å²) in [4.78, 5) is 29.9. The molecule has 0 spiro atoms. The maximum Gasteiger partial charge on any atom is 0.261 e. The molecule has 1 aliphatic heterocycles. The normalized spacial score (nSPS) is 21.8. The van der Waals surface area contributed by atoms with Crippen molar-refractivity contribution in [3.8, 4) is 0 Å². The number of hydrogen-bond acceptors (Lipinski definition) is 3. The third-order valence-electron chi connectivity index (χ3n) is 5.73. The number of morpholine rings is 1. The molecule has 5 nitrogen and oxygen atoms in total. The first-order valence-electron chi connectivity index (χ1n) is 9.73. The number of carbonyl (C=O) groups is 1. The van der Waals surface area contributed by atoms with Crippen LogP contribution in [0.15, 0.2) is 35.1 Å². The smallest absolute Gasteiger partial charge is 0.261 e. The number of pyridine rings is 1. The molecule has 2 aliphatic rings. The van der Waals surface area contributed by atoms with Crippen LogP contribution in [0.25, 0.3) is 10.9 Å². The maximum absolute atomic E-state index is 13.0. The summed E-state index contributed by atoms with van der Waals surface area (Å²) in [5.41, 5.74) is 0.664. The second kappa shape index (κ2) is 7.62. The molecule has 1 atom stereocenters. The minimum atomic E-state index is -0.316. The van der Waals surface area contributed by atoms with E-state index < -0.39 is 0 Å². The molecule has 1 N–H and O–H groups in total. The summed E-state index contributed by atoms with van der Waals surface area (Å²) in [5.74, 6) is 0.529. The van der Waals surface area contributed by atoms with Gasteiger partial charge in [-0.3, -0.25) is 9.59 Å². The van der Waals surface area contributed by atoms with Gasteiger partial charge in [-0.2, -0.15) is 0 Å². The highest BCUT2D eigenvalue weighted by Gasteiger charge is 2.28. The van der Waals surface area contributed by atoms with Gasteiger partial charge >= 0.3 is 0 Å². The molecular formula is C21H26N2O3. The average molecular weight is 354 g/mol. The molecule has 5 heteroatoms. The number of nitrogens with zero attached hydrogens (tertiary/aromatic N) is 1. The van der Waals surface area contributed by atoms with E-state index in [1.165, 1.54) is 32.1 Å². The minimum Gasteiger partial charge on any atom is -0.375 e. The number of hydrogen-bond donors (Lipinski definition) is 1. The molecule has 138 valence electrons. The van der Waals surface area contributed by atoms with Crippen molar-refractivity contribution in [3.63, 3.8) is 0 Å². The highest BCUT2D eigenvalue weighted by molar-refractivity contribution is 5.97. The largest absolute Gasteiger partial charge is 0.375 e. The van der Waals surface area contributed by atoms with Gasteiger partial charge in [-0.15, -0.1) is 0 Å². The van der Waals surface area contributed by atoms with Gasteiger partial charge in [-0.1, -0.05) is 50.3 Å². The monoisotopic (exact) mass is 354 g/mol. The fourth-order valence-electron chi connectivity index (χ4n) is 4.32. The third-order valence-corrected chi connectivity index (χ3v) is 5.73. The molecule has 1 amide bonds. The Balaban J connectivity index is 1.48. The van der Waals surface area contributed by atoms with Crippen LogP contribution in [0.1, 0.15) is 48.9 Å². The number of ether oxygens (including phenoxy) is 1. The molecule has 0 unspecified atom stereocenters. The number of aromatic amines is 1. The molecule has 1 saturated heterocycles. The van der Waals surface area contributed by atoms with Crippen LogP contribution in [-0.4, -0.2) is 41.6 Å². The lowest BCUT2D eigenvalue weighted by Gasteiger charge is -2.35. The van der Waals surface area contributed by atoms with Crippen molar-refractivity contribution in [1.29, 1.82) is 0 Å². The van der Waals surface area contributed by atoms with Crippen molar-refractivity contribution >= 4 is 16.8 Å². The molecule has 1 saturated carbocycles. The summed E-state index contributed by atoms with van der Waals surface area (Å²) < 4.78 is 5.92. The Morgan fingerprint density at radius 1 is 1.19 bits per heavy atom. The highest BCUT2D eigenvalue weighted by atomic mass is 16.5. The quantitative estimate of drug-likeness (QED) is 0.919. The Bertz CT molecular complexity index is 839. The molecule has 2 fully saturated rings. The summed E-state index contributed by atoms with van der Waals surface area (Å²) >= 11 is 0. The molecule has 0 radical (unpaired) electrons. The number of nitrogens with one attached hydrogen (secondary N) is 1. The van der Waals surface area contributed by atoms with Crippen molar-refractivity contribution in [3.05, 3.63) is 46.2 Å². The number of para-hydroxylation sites is 1. The zero-order valence-electron chi connectivity index (χ0n) is 15.1. The number of rotatable bonds is 3. The summed E-state index contributed by atoms with van der Waals surface area (Å²) in [6, 6.07) is 9.25. The van der Waals surface area contributed by atoms with Crippen molar-refractivity contribution in [2.75, 3.05) is 19.7 Å². The zero-order chi connectivity index (χ0) is 17.9. The topological polar surface area (TPSA) is 62.4 Å². The lowest BCUT2D eigenvalue weighted by Crippen LogP contribution is -2.47. The summed E-state index contributed by atoms with van der Waals surface area (Å²) in [6.45, 7) is 1.68. The molecule has 2 aromatic rings. The Kier molecular flexibility index (Phi) is 5.07. The van der Waals surface area contributed by atoms with E-state index >= 15 is 0 Å². The van der Waals surface area contributed by atoms with Crippen LogP contribution in [0.4, 0.5) is 0 Å². The van der Waals surface area contributed by atoms with Crippen molar-refractivity contribution < 1.29 is 9.53 Å². The number of aromatic nitrogens is 1. The SMILES string of the molecule is O=C(c1cc2ccccc2[nH]c1=O)N1CCO[C@@H](CC2CCCCC2)C1. The first-order valence-corrected chi connectivity index (χ1v) is 9.73. The third kappa shape index (κ3) is 3.68. The van der Waals surface area contributed by atoms with Gasteiger partial charge in [0.05, 0.1) is 12.7 Å². The molecule has 1 aromatic heterocycles. The maximum atomic E-state index is 13.0. The van der Waals surface area contributed by atoms with E-state index in [1.807, 2.05) is 24.3 Å². The number of H-pyrrole nitrogens is 1. The van der Waals surface area contributed by atoms with Crippen molar-refractivity contribution in [2.45, 2.75) is 44.6 Å². The molecule has 4 rings (SSSR count). The van der Waals surface area contributed by atoms with Gasteiger partial charge in [0, 0.05) is 18.6 Å². The molecule has 1 aromatic carbocycles. The molecule has 26 heavy (non-hydrogen) atoms. The van der Waals surface area contributed by atoms with Gasteiger partial charge in [0.25, 0.3) is 11.5 Å². The standard InChI is InChI=1S/C21H26N2O3/c24-20-18(13-16-8-4-5-9-19(16)22-20)21(25)23-10-11-26-17(14-23)12-15-6-2-1-3-7-15/h4-5,8-9,13,15,17H,1-3,6-7,10-12,14H2,(H,22,24)/t17-/m0/s1. The fourth-order valence-corrected chi connectivity index (χ4v) is 4.32. The second-order valence-electron chi connectivity index (χ2n) is 7.58. The van der Waals surface area contributed by atoms with Gasteiger partial charge in [-0.25, -0.2) is 0 Å². The molecule has 2 heterocycles. The van der Waals surface area contributed by atoms with Crippen LogP contribution in [0, 0.1) is 5.92 Å². The van der Waals surface area contributed by atoms with Gasteiger partial charge in [0.2, 0.25) is 0 Å². The van der Waals surface area contributed by atoms with Crippen LogP contribution >= 0.6 is 0 Å². The first kappa shape index (κ1) is 17.3. The van der Waals surface area contributed by atoms with E-state index in [0.717, 1.165) is 17.3 Å². The first-order chi connectivity index (χ1) is 12.7. The molecule has 0 bridgehead atoms. The molecular weight excluding hydrogens is 328 g/mol.